The van der Waals surface area contributed by atoms with Crippen LogP contribution in [0, 0.1) is 0 Å². The van der Waals surface area contributed by atoms with Crippen LogP contribution >= 0.6 is 7.82 Å². The highest BCUT2D eigenvalue weighted by Gasteiger charge is 2.30. The van der Waals surface area contributed by atoms with Gasteiger partial charge in [-0.2, -0.15) is 0 Å². The quantitative estimate of drug-likeness (QED) is 0.0205. The SMILES string of the molecule is CCCCC/C=C\C/C=C\C/C=C\C/C=C\CCCCCCCCCCCCCC(=O)NC(COP(=O)(O)OCC[N+](C)(C)C)C(/C=C\CCCCCCCCCCCC)OC(=O)CCCCCCCCCCCCC/C=C/CCCCCCCC. The number of esters is 1. The number of unbranched alkanes of at least 4 members (excludes halogenated alkanes) is 41. The van der Waals surface area contributed by atoms with Gasteiger partial charge < -0.3 is 19.4 Å². The highest BCUT2D eigenvalue weighted by atomic mass is 31.2. The Kier molecular flexibility index (Phi) is 63.5. The Labute approximate surface area is 533 Å². The summed E-state index contributed by atoms with van der Waals surface area (Å²) in [5.41, 5.74) is 0. The van der Waals surface area contributed by atoms with E-state index in [0.717, 1.165) is 77.0 Å². The Morgan fingerprint density at radius 2 is 0.709 bits per heavy atom. The summed E-state index contributed by atoms with van der Waals surface area (Å²) >= 11 is 0. The molecule has 502 valence electrons. The topological polar surface area (TPSA) is 111 Å². The van der Waals surface area contributed by atoms with Crippen molar-refractivity contribution < 1.29 is 37.3 Å². The lowest BCUT2D eigenvalue weighted by Gasteiger charge is -2.27. The zero-order valence-corrected chi connectivity index (χ0v) is 58.5. The van der Waals surface area contributed by atoms with Crippen molar-refractivity contribution in [1.82, 2.24) is 5.32 Å². The van der Waals surface area contributed by atoms with E-state index in [9.17, 15) is 19.0 Å². The molecule has 1 amide bonds. The molecule has 0 aliphatic heterocycles. The van der Waals surface area contributed by atoms with Gasteiger partial charge in [-0.05, 0) is 102 Å². The minimum Gasteiger partial charge on any atom is -0.456 e. The fourth-order valence-electron chi connectivity index (χ4n) is 10.7. The Morgan fingerprint density at radius 1 is 0.407 bits per heavy atom. The second-order valence-corrected chi connectivity index (χ2v) is 27.6. The van der Waals surface area contributed by atoms with E-state index in [2.05, 4.69) is 86.8 Å². The van der Waals surface area contributed by atoms with Crippen LogP contribution in [0.4, 0.5) is 0 Å². The van der Waals surface area contributed by atoms with Crippen LogP contribution in [0.2, 0.25) is 0 Å². The van der Waals surface area contributed by atoms with Crippen LogP contribution < -0.4 is 5.32 Å². The number of hydrogen-bond donors (Lipinski definition) is 2. The van der Waals surface area contributed by atoms with Gasteiger partial charge in [0.05, 0.1) is 33.8 Å². The number of phosphoric acid groups is 1. The third-order valence-corrected chi connectivity index (χ3v) is 17.4. The summed E-state index contributed by atoms with van der Waals surface area (Å²) in [7, 11) is 1.50. The summed E-state index contributed by atoms with van der Waals surface area (Å²) in [6.45, 7) is 7.02. The van der Waals surface area contributed by atoms with Crippen LogP contribution in [-0.4, -0.2) is 74.3 Å². The number of likely N-dealkylation sites (N-methyl/N-ethyl adjacent to an activating group) is 1. The first kappa shape index (κ1) is 83.5. The first-order chi connectivity index (χ1) is 41.9. The second-order valence-electron chi connectivity index (χ2n) is 26.1. The van der Waals surface area contributed by atoms with Gasteiger partial charge in [0.1, 0.15) is 19.3 Å². The van der Waals surface area contributed by atoms with Crippen molar-refractivity contribution in [3.05, 3.63) is 72.9 Å². The van der Waals surface area contributed by atoms with E-state index in [4.69, 9.17) is 13.8 Å². The maximum absolute atomic E-state index is 13.6. The van der Waals surface area contributed by atoms with Crippen LogP contribution in [-0.2, 0) is 27.9 Å². The molecule has 2 N–H and O–H groups in total. The molecule has 3 unspecified atom stereocenters. The molecule has 10 heteroatoms. The molecule has 0 fully saturated rings. The molecule has 86 heavy (non-hydrogen) atoms. The van der Waals surface area contributed by atoms with E-state index in [-0.39, 0.29) is 25.1 Å². The molecular formula is C76H142N2O7P+. The molecule has 0 aliphatic carbocycles. The fourth-order valence-corrected chi connectivity index (χ4v) is 11.4. The minimum absolute atomic E-state index is 0.0387. The number of quaternary nitrogens is 1. The molecule has 0 aromatic carbocycles. The van der Waals surface area contributed by atoms with Crippen molar-refractivity contribution >= 4 is 19.7 Å². The molecule has 0 aromatic rings. The first-order valence-electron chi connectivity index (χ1n) is 36.8. The van der Waals surface area contributed by atoms with Crippen LogP contribution in [0.15, 0.2) is 72.9 Å². The predicted molar refractivity (Wildman–Crippen MR) is 374 cm³/mol. The number of phosphoric ester groups is 1. The van der Waals surface area contributed by atoms with Gasteiger partial charge in [0.2, 0.25) is 5.91 Å². The molecule has 0 saturated heterocycles. The highest BCUT2D eigenvalue weighted by Crippen LogP contribution is 2.43. The molecule has 0 saturated carbocycles. The van der Waals surface area contributed by atoms with Gasteiger partial charge in [0, 0.05) is 12.8 Å². The van der Waals surface area contributed by atoms with Crippen molar-refractivity contribution in [3.8, 4) is 0 Å². The largest absolute Gasteiger partial charge is 0.472 e. The monoisotopic (exact) mass is 1230 g/mol. The smallest absolute Gasteiger partial charge is 0.456 e. The van der Waals surface area contributed by atoms with E-state index in [1.165, 1.54) is 238 Å². The van der Waals surface area contributed by atoms with Crippen molar-refractivity contribution in [3.63, 3.8) is 0 Å². The van der Waals surface area contributed by atoms with E-state index in [0.29, 0.717) is 23.9 Å². The second kappa shape index (κ2) is 65.4. The summed E-state index contributed by atoms with van der Waals surface area (Å²) in [5.74, 6) is -0.498. The Hall–Kier alpha value is -2.55. The molecule has 0 spiro atoms. The van der Waals surface area contributed by atoms with E-state index in [1.54, 1.807) is 0 Å². The molecule has 0 bridgehead atoms. The van der Waals surface area contributed by atoms with Gasteiger partial charge in [-0.25, -0.2) is 4.57 Å². The molecule has 0 aliphatic rings. The van der Waals surface area contributed by atoms with Crippen LogP contribution in [0.1, 0.15) is 348 Å². The summed E-state index contributed by atoms with van der Waals surface area (Å²) in [6, 6.07) is -0.853. The number of ether oxygens (including phenoxy) is 1. The van der Waals surface area contributed by atoms with Crippen LogP contribution in [0.3, 0.4) is 0 Å². The van der Waals surface area contributed by atoms with Crippen LogP contribution in [0.25, 0.3) is 0 Å². The number of carbonyl (C=O) groups is 2. The van der Waals surface area contributed by atoms with E-state index < -0.39 is 20.0 Å². The molecule has 0 radical (unpaired) electrons. The Morgan fingerprint density at radius 3 is 1.09 bits per heavy atom. The zero-order chi connectivity index (χ0) is 62.8. The number of nitrogens with one attached hydrogen (secondary N) is 1. The molecule has 0 rings (SSSR count). The number of nitrogens with zero attached hydrogens (tertiary/aromatic N) is 1. The molecule has 9 nitrogen and oxygen atoms in total. The average Bonchev–Trinajstić information content (AvgIpc) is 3.67. The standard InChI is InChI=1S/C76H141N2O7P/c1-7-10-13-16-19-22-25-28-30-32-34-36-37-38-39-40-41-43-44-46-48-50-53-56-59-62-65-68-75(79)77-73(72-84-86(81,82)83-71-70-78(4,5)6)74(67-64-61-58-55-52-27-24-21-18-15-12-9-3)85-76(80)69-66-63-60-57-54-51-49-47-45-42-35-33-31-29-26-23-20-17-14-11-8-2/h19,22,28-31,34,36,38-39,64,67,73-74H,7-18,20-21,23-27,32-33,35,37,40-63,65-66,68-72H2,1-6H3,(H-,77,79,81,82)/p+1/b22-19-,30-28-,31-29+,36-34-,39-38-,67-64-. The molecular weight excluding hydrogens is 1080 g/mol. The first-order valence-corrected chi connectivity index (χ1v) is 38.3. The number of hydrogen-bond acceptors (Lipinski definition) is 6. The number of carbonyl (C=O) groups excluding carboxylic acids is 2. The third-order valence-electron chi connectivity index (χ3n) is 16.4. The summed E-state index contributed by atoms with van der Waals surface area (Å²) in [4.78, 5) is 37.9. The summed E-state index contributed by atoms with van der Waals surface area (Å²) in [5, 5.41) is 3.07. The van der Waals surface area contributed by atoms with Crippen molar-refractivity contribution in [2.75, 3.05) is 40.9 Å². The normalized spacial score (nSPS) is 13.9. The number of amides is 1. The predicted octanol–water partition coefficient (Wildman–Crippen LogP) is 23.5. The zero-order valence-electron chi connectivity index (χ0n) is 57.6. The van der Waals surface area contributed by atoms with Gasteiger partial charge in [-0.3, -0.25) is 18.6 Å². The lowest BCUT2D eigenvalue weighted by molar-refractivity contribution is -0.870. The van der Waals surface area contributed by atoms with E-state index in [1.807, 2.05) is 33.3 Å². The lowest BCUT2D eigenvalue weighted by atomic mass is 10.0. The van der Waals surface area contributed by atoms with Gasteiger partial charge in [-0.1, -0.05) is 306 Å². The Bertz CT molecular complexity index is 1700. The highest BCUT2D eigenvalue weighted by molar-refractivity contribution is 7.47. The number of allylic oxidation sites excluding steroid dienone is 11. The van der Waals surface area contributed by atoms with Crippen molar-refractivity contribution in [1.29, 1.82) is 0 Å². The molecule has 0 heterocycles. The molecule has 3 atom stereocenters. The average molecular weight is 1230 g/mol. The van der Waals surface area contributed by atoms with E-state index >= 15 is 0 Å². The lowest BCUT2D eigenvalue weighted by Crippen LogP contribution is -2.47. The van der Waals surface area contributed by atoms with Crippen molar-refractivity contribution in [2.24, 2.45) is 0 Å². The fraction of sp³-hybridized carbons (Fsp3) is 0.816. The van der Waals surface area contributed by atoms with Gasteiger partial charge in [0.25, 0.3) is 0 Å². The Balaban J connectivity index is 5.02. The maximum atomic E-state index is 13.6. The van der Waals surface area contributed by atoms with Crippen molar-refractivity contribution in [2.45, 2.75) is 360 Å². The third kappa shape index (κ3) is 65.9. The summed E-state index contributed by atoms with van der Waals surface area (Å²) < 4.78 is 30.9. The maximum Gasteiger partial charge on any atom is 0.472 e. The van der Waals surface area contributed by atoms with Gasteiger partial charge in [0.15, 0.2) is 0 Å². The van der Waals surface area contributed by atoms with Gasteiger partial charge in [-0.15, -0.1) is 0 Å². The van der Waals surface area contributed by atoms with Gasteiger partial charge >= 0.3 is 13.8 Å². The molecule has 0 aromatic heterocycles. The summed E-state index contributed by atoms with van der Waals surface area (Å²) in [6.07, 6.45) is 86.3. The van der Waals surface area contributed by atoms with Crippen LogP contribution in [0.5, 0.6) is 0 Å². The number of rotatable bonds is 67. The minimum atomic E-state index is -4.46.